The molecular weight excluding hydrogens is 408 g/mol. The predicted molar refractivity (Wildman–Crippen MR) is 115 cm³/mol. The molecule has 0 bridgehead atoms. The van der Waals surface area contributed by atoms with Crippen molar-refractivity contribution >= 4 is 29.4 Å². The van der Waals surface area contributed by atoms with Crippen molar-refractivity contribution in [1.29, 1.82) is 0 Å². The van der Waals surface area contributed by atoms with E-state index in [9.17, 15) is 14.9 Å². The van der Waals surface area contributed by atoms with Gasteiger partial charge in [0.2, 0.25) is 0 Å². The molecule has 3 aromatic rings. The third kappa shape index (κ3) is 4.84. The van der Waals surface area contributed by atoms with E-state index in [1.54, 1.807) is 36.4 Å². The number of nitro groups is 1. The van der Waals surface area contributed by atoms with Crippen molar-refractivity contribution in [2.24, 2.45) is 5.10 Å². The van der Waals surface area contributed by atoms with Gasteiger partial charge in [-0.15, -0.1) is 0 Å². The van der Waals surface area contributed by atoms with Crippen LogP contribution in [0.25, 0.3) is 5.69 Å². The lowest BCUT2D eigenvalue weighted by atomic mass is 10.2. The first-order valence-electron chi connectivity index (χ1n) is 9.00. The van der Waals surface area contributed by atoms with Crippen molar-refractivity contribution in [1.82, 2.24) is 9.99 Å². The number of carbonyl (C=O) groups excluding carboxylic acids is 1. The fraction of sp³-hybridized carbons (Fsp3) is 0.143. The van der Waals surface area contributed by atoms with Gasteiger partial charge in [0.15, 0.2) is 6.61 Å². The molecule has 3 rings (SSSR count). The molecule has 0 aliphatic carbocycles. The summed E-state index contributed by atoms with van der Waals surface area (Å²) in [4.78, 5) is 22.3. The molecule has 0 unspecified atom stereocenters. The van der Waals surface area contributed by atoms with Crippen LogP contribution in [0.3, 0.4) is 0 Å². The maximum absolute atomic E-state index is 11.9. The highest BCUT2D eigenvalue weighted by atomic mass is 35.5. The predicted octanol–water partition coefficient (Wildman–Crippen LogP) is 4.18. The lowest BCUT2D eigenvalue weighted by Crippen LogP contribution is -2.24. The van der Waals surface area contributed by atoms with Crippen LogP contribution in [0.4, 0.5) is 5.69 Å². The SMILES string of the molecule is Cc1cc(/C=N/NC(=O)COc2ccccc2Cl)c(C)n1-c1ccc([N+](=O)[O-])cc1. The summed E-state index contributed by atoms with van der Waals surface area (Å²) < 4.78 is 7.31. The first kappa shape index (κ1) is 21.1. The quantitative estimate of drug-likeness (QED) is 0.348. The van der Waals surface area contributed by atoms with Gasteiger partial charge in [0.05, 0.1) is 16.2 Å². The number of nitrogens with zero attached hydrogens (tertiary/aromatic N) is 3. The van der Waals surface area contributed by atoms with E-state index in [1.807, 2.05) is 24.5 Å². The van der Waals surface area contributed by atoms with E-state index in [1.165, 1.54) is 18.3 Å². The summed E-state index contributed by atoms with van der Waals surface area (Å²) in [5.41, 5.74) is 5.86. The van der Waals surface area contributed by atoms with E-state index in [-0.39, 0.29) is 12.3 Å². The number of halogens is 1. The van der Waals surface area contributed by atoms with Crippen LogP contribution in [0, 0.1) is 24.0 Å². The molecule has 0 aliphatic rings. The van der Waals surface area contributed by atoms with Crippen molar-refractivity contribution < 1.29 is 14.5 Å². The number of nitro benzene ring substituents is 1. The highest BCUT2D eigenvalue weighted by Gasteiger charge is 2.11. The summed E-state index contributed by atoms with van der Waals surface area (Å²) in [5, 5.41) is 15.2. The first-order chi connectivity index (χ1) is 14.4. The molecule has 0 atom stereocenters. The Morgan fingerprint density at radius 2 is 1.93 bits per heavy atom. The average Bonchev–Trinajstić information content (AvgIpc) is 3.00. The third-order valence-electron chi connectivity index (χ3n) is 4.38. The van der Waals surface area contributed by atoms with E-state index < -0.39 is 10.8 Å². The van der Waals surface area contributed by atoms with Crippen LogP contribution < -0.4 is 10.2 Å². The van der Waals surface area contributed by atoms with Crippen LogP contribution in [-0.2, 0) is 4.79 Å². The van der Waals surface area contributed by atoms with Gasteiger partial charge >= 0.3 is 0 Å². The van der Waals surface area contributed by atoms with Crippen LogP contribution in [0.5, 0.6) is 5.75 Å². The summed E-state index contributed by atoms with van der Waals surface area (Å²) in [6, 6.07) is 15.1. The zero-order valence-corrected chi connectivity index (χ0v) is 17.1. The molecule has 154 valence electrons. The summed E-state index contributed by atoms with van der Waals surface area (Å²) in [7, 11) is 0. The minimum Gasteiger partial charge on any atom is -0.482 e. The van der Waals surface area contributed by atoms with Crippen molar-refractivity contribution in [3.63, 3.8) is 0 Å². The monoisotopic (exact) mass is 426 g/mol. The molecule has 0 aliphatic heterocycles. The Balaban J connectivity index is 1.65. The van der Waals surface area contributed by atoms with E-state index >= 15 is 0 Å². The largest absolute Gasteiger partial charge is 0.482 e. The van der Waals surface area contributed by atoms with Gasteiger partial charge in [-0.1, -0.05) is 23.7 Å². The van der Waals surface area contributed by atoms with Crippen molar-refractivity contribution in [3.8, 4) is 11.4 Å². The fourth-order valence-electron chi connectivity index (χ4n) is 2.95. The second-order valence-corrected chi connectivity index (χ2v) is 6.85. The van der Waals surface area contributed by atoms with E-state index in [0.29, 0.717) is 10.8 Å². The minimum atomic E-state index is -0.435. The average molecular weight is 427 g/mol. The van der Waals surface area contributed by atoms with Crippen LogP contribution in [0.1, 0.15) is 17.0 Å². The molecule has 8 nitrogen and oxygen atoms in total. The lowest BCUT2D eigenvalue weighted by molar-refractivity contribution is -0.384. The first-order valence-corrected chi connectivity index (χ1v) is 9.37. The van der Waals surface area contributed by atoms with E-state index in [2.05, 4.69) is 10.5 Å². The Hall–Kier alpha value is -3.65. The van der Waals surface area contributed by atoms with Crippen LogP contribution in [0.2, 0.25) is 5.02 Å². The topological polar surface area (TPSA) is 98.8 Å². The molecule has 1 heterocycles. The summed E-state index contributed by atoms with van der Waals surface area (Å²) in [5.74, 6) is 0.000265. The van der Waals surface area contributed by atoms with E-state index in [4.69, 9.17) is 16.3 Å². The van der Waals surface area contributed by atoms with Crippen molar-refractivity contribution in [2.75, 3.05) is 6.61 Å². The van der Waals surface area contributed by atoms with Gasteiger partial charge in [0.25, 0.3) is 11.6 Å². The zero-order chi connectivity index (χ0) is 21.7. The number of benzene rings is 2. The maximum Gasteiger partial charge on any atom is 0.277 e. The molecule has 9 heteroatoms. The Morgan fingerprint density at radius 3 is 2.60 bits per heavy atom. The van der Waals surface area contributed by atoms with Gasteiger partial charge < -0.3 is 9.30 Å². The van der Waals surface area contributed by atoms with Crippen LogP contribution in [-0.4, -0.2) is 28.2 Å². The molecule has 0 saturated carbocycles. The number of rotatable bonds is 7. The van der Waals surface area contributed by atoms with Crippen LogP contribution >= 0.6 is 11.6 Å². The van der Waals surface area contributed by atoms with Gasteiger partial charge in [-0.05, 0) is 44.2 Å². The molecule has 0 radical (unpaired) electrons. The molecule has 1 N–H and O–H groups in total. The van der Waals surface area contributed by atoms with Gasteiger partial charge in [-0.3, -0.25) is 14.9 Å². The number of aryl methyl sites for hydroxylation is 1. The molecule has 2 aromatic carbocycles. The number of amides is 1. The van der Waals surface area contributed by atoms with Gasteiger partial charge in [0, 0.05) is 34.8 Å². The van der Waals surface area contributed by atoms with Gasteiger partial charge in [0.1, 0.15) is 5.75 Å². The summed E-state index contributed by atoms with van der Waals surface area (Å²) in [6.45, 7) is 3.60. The highest BCUT2D eigenvalue weighted by molar-refractivity contribution is 6.32. The van der Waals surface area contributed by atoms with Gasteiger partial charge in [-0.2, -0.15) is 5.10 Å². The highest BCUT2D eigenvalue weighted by Crippen LogP contribution is 2.23. The molecule has 1 aromatic heterocycles. The number of carbonyl (C=O) groups is 1. The number of para-hydroxylation sites is 1. The number of hydrazone groups is 1. The fourth-order valence-corrected chi connectivity index (χ4v) is 3.14. The minimum absolute atomic E-state index is 0.0321. The molecule has 0 saturated heterocycles. The normalized spacial score (nSPS) is 10.9. The Bertz CT molecular complexity index is 1110. The number of aromatic nitrogens is 1. The number of nitrogens with one attached hydrogen (secondary N) is 1. The number of non-ortho nitro benzene ring substituents is 1. The van der Waals surface area contributed by atoms with Crippen molar-refractivity contribution in [3.05, 3.63) is 86.7 Å². The molecular formula is C21H19ClN4O4. The summed E-state index contributed by atoms with van der Waals surface area (Å²) >= 11 is 5.98. The number of hydrogen-bond donors (Lipinski definition) is 1. The molecule has 1 amide bonds. The Morgan fingerprint density at radius 1 is 1.23 bits per heavy atom. The van der Waals surface area contributed by atoms with Crippen molar-refractivity contribution in [2.45, 2.75) is 13.8 Å². The Kier molecular flexibility index (Phi) is 6.48. The van der Waals surface area contributed by atoms with Gasteiger partial charge in [-0.25, -0.2) is 5.43 Å². The molecule has 0 spiro atoms. The van der Waals surface area contributed by atoms with Crippen LogP contribution in [0.15, 0.2) is 59.7 Å². The zero-order valence-electron chi connectivity index (χ0n) is 16.3. The summed E-state index contributed by atoms with van der Waals surface area (Å²) in [6.07, 6.45) is 1.54. The smallest absolute Gasteiger partial charge is 0.277 e. The van der Waals surface area contributed by atoms with E-state index in [0.717, 1.165) is 22.6 Å². The second kappa shape index (κ2) is 9.23. The maximum atomic E-state index is 11.9. The lowest BCUT2D eigenvalue weighted by Gasteiger charge is -2.09. The number of hydrogen-bond acceptors (Lipinski definition) is 5. The Labute approximate surface area is 177 Å². The number of ether oxygens (including phenoxy) is 1. The molecule has 0 fully saturated rings. The second-order valence-electron chi connectivity index (χ2n) is 6.45. The third-order valence-corrected chi connectivity index (χ3v) is 4.69. The molecule has 30 heavy (non-hydrogen) atoms. The standard InChI is InChI=1S/C21H19ClN4O4/c1-14-11-16(15(2)25(14)17-7-9-18(10-8-17)26(28)29)12-23-24-21(27)13-30-20-6-4-3-5-19(20)22/h3-12H,13H2,1-2H3,(H,24,27)/b23-12+.